The summed E-state index contributed by atoms with van der Waals surface area (Å²) in [5.74, 6) is 1.14. The van der Waals surface area contributed by atoms with E-state index in [0.717, 1.165) is 30.8 Å². The molecule has 0 radical (unpaired) electrons. The van der Waals surface area contributed by atoms with Crippen molar-refractivity contribution in [3.8, 4) is 0 Å². The fraction of sp³-hybridized carbons (Fsp3) is 0.421. The van der Waals surface area contributed by atoms with E-state index >= 15 is 0 Å². The van der Waals surface area contributed by atoms with Crippen LogP contribution in [0.25, 0.3) is 5.57 Å². The lowest BCUT2D eigenvalue weighted by molar-refractivity contribution is -0.118. The van der Waals surface area contributed by atoms with E-state index in [-0.39, 0.29) is 5.91 Å². The molecule has 2 aromatic rings. The Morgan fingerprint density at radius 2 is 2.27 bits per heavy atom. The molecule has 1 aliphatic rings. The van der Waals surface area contributed by atoms with Crippen LogP contribution in [0.3, 0.4) is 0 Å². The van der Waals surface area contributed by atoms with Gasteiger partial charge in [0.1, 0.15) is 0 Å². The fourth-order valence-electron chi connectivity index (χ4n) is 2.96. The van der Waals surface area contributed by atoms with E-state index in [0.29, 0.717) is 36.1 Å². The summed E-state index contributed by atoms with van der Waals surface area (Å²) in [5, 5.41) is 4.68. The van der Waals surface area contributed by atoms with Crippen LogP contribution in [0.15, 0.2) is 34.9 Å². The molecule has 0 fully saturated rings. The van der Waals surface area contributed by atoms with Crippen LogP contribution in [0.2, 0.25) is 5.02 Å². The Morgan fingerprint density at radius 3 is 2.96 bits per heavy atom. The Morgan fingerprint density at radius 1 is 1.42 bits per heavy atom. The Hall–Kier alpha value is -2.18. The van der Waals surface area contributed by atoms with E-state index in [1.54, 1.807) is 17.0 Å². The summed E-state index contributed by atoms with van der Waals surface area (Å²) >= 11 is 6.03. The summed E-state index contributed by atoms with van der Waals surface area (Å²) < 4.78 is 5.33. The van der Waals surface area contributed by atoms with Gasteiger partial charge in [-0.3, -0.25) is 4.79 Å². The van der Waals surface area contributed by atoms with Gasteiger partial charge in [-0.2, -0.15) is 4.98 Å². The largest absolute Gasteiger partial charge is 0.339 e. The highest BCUT2D eigenvalue weighted by molar-refractivity contribution is 6.30. The molecule has 0 unspecified atom stereocenters. The number of carbonyl (C=O) groups excluding carboxylic acids is 1. The first-order valence-electron chi connectivity index (χ1n) is 8.83. The predicted molar refractivity (Wildman–Crippen MR) is 102 cm³/mol. The first-order valence-corrected chi connectivity index (χ1v) is 9.21. The lowest BCUT2D eigenvalue weighted by Gasteiger charge is -2.21. The minimum absolute atomic E-state index is 0.00743. The third-order valence-electron chi connectivity index (χ3n) is 4.46. The second-order valence-electron chi connectivity index (χ2n) is 6.37. The molecule has 6 nitrogen and oxygen atoms in total. The summed E-state index contributed by atoms with van der Waals surface area (Å²) in [6.07, 6.45) is 3.77. The standard InChI is InChI=1S/C19H23ClN4O2/c1-3-24(16-6-4-5-15(20)13-16)18(25)8-7-17-21-19(22-26-17)14-9-11-23(2)12-10-14/h4-6,9,13H,3,7-8,10-12H2,1-2H3. The van der Waals surface area contributed by atoms with Crippen LogP contribution in [-0.4, -0.2) is 47.6 Å². The van der Waals surface area contributed by atoms with Gasteiger partial charge in [-0.25, -0.2) is 0 Å². The van der Waals surface area contributed by atoms with E-state index in [9.17, 15) is 4.79 Å². The molecule has 2 heterocycles. The second kappa shape index (κ2) is 8.47. The smallest absolute Gasteiger partial charge is 0.227 e. The van der Waals surface area contributed by atoms with Crippen molar-refractivity contribution in [2.24, 2.45) is 0 Å². The highest BCUT2D eigenvalue weighted by Gasteiger charge is 2.18. The average Bonchev–Trinajstić information content (AvgIpc) is 3.10. The molecule has 0 bridgehead atoms. The normalized spacial score (nSPS) is 15.0. The zero-order valence-corrected chi connectivity index (χ0v) is 15.9. The van der Waals surface area contributed by atoms with E-state index < -0.39 is 0 Å². The molecule has 3 rings (SSSR count). The minimum atomic E-state index is 0.00743. The molecule has 1 aromatic heterocycles. The molecule has 0 saturated carbocycles. The molecular weight excluding hydrogens is 352 g/mol. The SMILES string of the molecule is CCN(C(=O)CCc1nc(C2=CCN(C)CC2)no1)c1cccc(Cl)c1. The monoisotopic (exact) mass is 374 g/mol. The van der Waals surface area contributed by atoms with Crippen molar-refractivity contribution in [3.63, 3.8) is 0 Å². The van der Waals surface area contributed by atoms with Gasteiger partial charge in [-0.15, -0.1) is 0 Å². The van der Waals surface area contributed by atoms with Gasteiger partial charge in [0.15, 0.2) is 5.82 Å². The molecular formula is C19H23ClN4O2. The maximum Gasteiger partial charge on any atom is 0.227 e. The second-order valence-corrected chi connectivity index (χ2v) is 6.81. The number of hydrogen-bond donors (Lipinski definition) is 0. The number of amides is 1. The Kier molecular flexibility index (Phi) is 6.06. The van der Waals surface area contributed by atoms with Gasteiger partial charge in [0, 0.05) is 43.2 Å². The van der Waals surface area contributed by atoms with Crippen molar-refractivity contribution in [1.82, 2.24) is 15.0 Å². The van der Waals surface area contributed by atoms with Crippen LogP contribution < -0.4 is 4.90 Å². The van der Waals surface area contributed by atoms with Gasteiger partial charge >= 0.3 is 0 Å². The van der Waals surface area contributed by atoms with Crippen molar-refractivity contribution in [2.45, 2.75) is 26.2 Å². The van der Waals surface area contributed by atoms with Crippen molar-refractivity contribution in [1.29, 1.82) is 0 Å². The molecule has 26 heavy (non-hydrogen) atoms. The van der Waals surface area contributed by atoms with Gasteiger partial charge in [0.2, 0.25) is 11.8 Å². The molecule has 7 heteroatoms. The highest BCUT2D eigenvalue weighted by Crippen LogP contribution is 2.21. The van der Waals surface area contributed by atoms with Crippen molar-refractivity contribution in [3.05, 3.63) is 47.1 Å². The topological polar surface area (TPSA) is 62.5 Å². The molecule has 0 atom stereocenters. The Balaban J connectivity index is 1.61. The van der Waals surface area contributed by atoms with Crippen LogP contribution >= 0.6 is 11.6 Å². The summed E-state index contributed by atoms with van der Waals surface area (Å²) in [7, 11) is 2.08. The maximum absolute atomic E-state index is 12.6. The zero-order valence-electron chi connectivity index (χ0n) is 15.1. The summed E-state index contributed by atoms with van der Waals surface area (Å²) in [4.78, 5) is 21.0. The number of carbonyl (C=O) groups is 1. The summed E-state index contributed by atoms with van der Waals surface area (Å²) in [6.45, 7) is 4.40. The van der Waals surface area contributed by atoms with Crippen LogP contribution in [0.4, 0.5) is 5.69 Å². The van der Waals surface area contributed by atoms with Crippen molar-refractivity contribution in [2.75, 3.05) is 31.6 Å². The quantitative estimate of drug-likeness (QED) is 0.775. The molecule has 1 aliphatic heterocycles. The Labute approximate surface area is 158 Å². The molecule has 0 aliphatic carbocycles. The van der Waals surface area contributed by atoms with Crippen molar-refractivity contribution >= 4 is 28.8 Å². The van der Waals surface area contributed by atoms with Gasteiger partial charge in [-0.1, -0.05) is 28.9 Å². The number of likely N-dealkylation sites (N-methyl/N-ethyl adjacent to an activating group) is 1. The van der Waals surface area contributed by atoms with E-state index in [4.69, 9.17) is 16.1 Å². The molecule has 138 valence electrons. The number of aryl methyl sites for hydroxylation is 1. The van der Waals surface area contributed by atoms with Crippen LogP contribution in [-0.2, 0) is 11.2 Å². The van der Waals surface area contributed by atoms with Crippen LogP contribution in [0.5, 0.6) is 0 Å². The predicted octanol–water partition coefficient (Wildman–Crippen LogP) is 3.43. The molecule has 1 aromatic carbocycles. The zero-order chi connectivity index (χ0) is 18.5. The van der Waals surface area contributed by atoms with Crippen LogP contribution in [0.1, 0.15) is 31.5 Å². The highest BCUT2D eigenvalue weighted by atomic mass is 35.5. The molecule has 0 spiro atoms. The molecule has 0 N–H and O–H groups in total. The van der Waals surface area contributed by atoms with Gasteiger partial charge in [0.25, 0.3) is 0 Å². The van der Waals surface area contributed by atoms with Crippen LogP contribution in [0, 0.1) is 0 Å². The average molecular weight is 375 g/mol. The first-order chi connectivity index (χ1) is 12.6. The number of anilines is 1. The van der Waals surface area contributed by atoms with Gasteiger partial charge < -0.3 is 14.3 Å². The third kappa shape index (κ3) is 4.51. The molecule has 1 amide bonds. The first kappa shape index (κ1) is 18.6. The third-order valence-corrected chi connectivity index (χ3v) is 4.69. The van der Waals surface area contributed by atoms with E-state index in [1.807, 2.05) is 19.1 Å². The fourth-order valence-corrected chi connectivity index (χ4v) is 3.14. The number of halogens is 1. The minimum Gasteiger partial charge on any atom is -0.339 e. The van der Waals surface area contributed by atoms with E-state index in [1.165, 1.54) is 0 Å². The van der Waals surface area contributed by atoms with Gasteiger partial charge in [0.05, 0.1) is 0 Å². The lowest BCUT2D eigenvalue weighted by atomic mass is 10.1. The molecule has 0 saturated heterocycles. The summed E-state index contributed by atoms with van der Waals surface area (Å²) in [5.41, 5.74) is 1.91. The number of benzene rings is 1. The summed E-state index contributed by atoms with van der Waals surface area (Å²) in [6, 6.07) is 7.30. The van der Waals surface area contributed by atoms with E-state index in [2.05, 4.69) is 28.2 Å². The van der Waals surface area contributed by atoms with Gasteiger partial charge in [-0.05, 0) is 44.2 Å². The Bertz CT molecular complexity index is 802. The number of rotatable bonds is 6. The van der Waals surface area contributed by atoms with Crippen molar-refractivity contribution < 1.29 is 9.32 Å². The number of nitrogens with zero attached hydrogens (tertiary/aromatic N) is 4. The lowest BCUT2D eigenvalue weighted by Crippen LogP contribution is -2.30. The maximum atomic E-state index is 12.6. The number of hydrogen-bond acceptors (Lipinski definition) is 5. The number of aromatic nitrogens is 2.